The van der Waals surface area contributed by atoms with Gasteiger partial charge in [-0.05, 0) is 36.8 Å². The van der Waals surface area contributed by atoms with Crippen LogP contribution in [0.1, 0.15) is 24.1 Å². The Balaban J connectivity index is 2.26. The molecule has 2 aromatic rings. The van der Waals surface area contributed by atoms with E-state index in [4.69, 9.17) is 27.3 Å². The number of hydrogen-bond acceptors (Lipinski definition) is 3. The van der Waals surface area contributed by atoms with E-state index in [0.717, 1.165) is 11.6 Å². The standard InChI is InChI=1S/C15H12ClFN2O/c1-9(19)10-3-5-15(13(16)6-10)20-12-4-2-11(8-18)14(17)7-12/h2-7,9H,19H2,1H3. The average Bonchev–Trinajstić information content (AvgIpc) is 2.41. The molecular weight excluding hydrogens is 279 g/mol. The molecule has 0 saturated heterocycles. The average molecular weight is 291 g/mol. The zero-order chi connectivity index (χ0) is 14.7. The van der Waals surface area contributed by atoms with Gasteiger partial charge in [-0.15, -0.1) is 0 Å². The van der Waals surface area contributed by atoms with Gasteiger partial charge in [0.05, 0.1) is 10.6 Å². The Kier molecular flexibility index (Phi) is 4.23. The van der Waals surface area contributed by atoms with E-state index in [1.54, 1.807) is 24.3 Å². The second-order valence-electron chi connectivity index (χ2n) is 4.33. The van der Waals surface area contributed by atoms with Crippen LogP contribution in [0.2, 0.25) is 5.02 Å². The lowest BCUT2D eigenvalue weighted by Gasteiger charge is -2.11. The second-order valence-corrected chi connectivity index (χ2v) is 4.74. The van der Waals surface area contributed by atoms with E-state index in [9.17, 15) is 4.39 Å². The normalized spacial score (nSPS) is 11.8. The van der Waals surface area contributed by atoms with E-state index < -0.39 is 5.82 Å². The van der Waals surface area contributed by atoms with Gasteiger partial charge in [0.2, 0.25) is 0 Å². The van der Waals surface area contributed by atoms with Crippen molar-refractivity contribution in [2.24, 2.45) is 5.73 Å². The predicted octanol–water partition coefficient (Wildman–Crippen LogP) is 4.16. The first-order valence-electron chi connectivity index (χ1n) is 5.94. The van der Waals surface area contributed by atoms with Gasteiger partial charge in [0.25, 0.3) is 0 Å². The smallest absolute Gasteiger partial charge is 0.146 e. The van der Waals surface area contributed by atoms with E-state index in [1.165, 1.54) is 12.1 Å². The molecule has 0 aliphatic heterocycles. The Morgan fingerprint density at radius 3 is 2.60 bits per heavy atom. The highest BCUT2D eigenvalue weighted by Crippen LogP contribution is 2.31. The quantitative estimate of drug-likeness (QED) is 0.923. The summed E-state index contributed by atoms with van der Waals surface area (Å²) >= 11 is 6.10. The van der Waals surface area contributed by atoms with Crippen LogP contribution in [-0.2, 0) is 0 Å². The molecule has 0 aromatic heterocycles. The lowest BCUT2D eigenvalue weighted by atomic mass is 10.1. The van der Waals surface area contributed by atoms with Crippen molar-refractivity contribution in [2.75, 3.05) is 0 Å². The Hall–Kier alpha value is -2.09. The van der Waals surface area contributed by atoms with Crippen molar-refractivity contribution in [2.45, 2.75) is 13.0 Å². The molecular formula is C15H12ClFN2O. The van der Waals surface area contributed by atoms with Crippen molar-refractivity contribution in [3.05, 3.63) is 58.4 Å². The molecule has 0 radical (unpaired) electrons. The van der Waals surface area contributed by atoms with Crippen LogP contribution in [0.15, 0.2) is 36.4 Å². The number of nitriles is 1. The fourth-order valence-electron chi connectivity index (χ4n) is 1.66. The minimum atomic E-state index is -0.631. The van der Waals surface area contributed by atoms with Gasteiger partial charge in [0.1, 0.15) is 23.4 Å². The van der Waals surface area contributed by atoms with Crippen LogP contribution < -0.4 is 10.5 Å². The largest absolute Gasteiger partial charge is 0.456 e. The van der Waals surface area contributed by atoms with Crippen molar-refractivity contribution in [3.8, 4) is 17.6 Å². The SMILES string of the molecule is CC(N)c1ccc(Oc2ccc(C#N)c(F)c2)c(Cl)c1. The van der Waals surface area contributed by atoms with Crippen molar-refractivity contribution in [1.82, 2.24) is 0 Å². The Morgan fingerprint density at radius 1 is 1.30 bits per heavy atom. The molecule has 0 spiro atoms. The van der Waals surface area contributed by atoms with Gasteiger partial charge < -0.3 is 10.5 Å². The molecule has 0 amide bonds. The van der Waals surface area contributed by atoms with Crippen LogP contribution in [0.3, 0.4) is 0 Å². The molecule has 5 heteroatoms. The summed E-state index contributed by atoms with van der Waals surface area (Å²) < 4.78 is 19.0. The minimum Gasteiger partial charge on any atom is -0.456 e. The van der Waals surface area contributed by atoms with E-state index >= 15 is 0 Å². The van der Waals surface area contributed by atoms with Gasteiger partial charge in [0, 0.05) is 12.1 Å². The van der Waals surface area contributed by atoms with Gasteiger partial charge in [-0.1, -0.05) is 17.7 Å². The van der Waals surface area contributed by atoms with Crippen molar-refractivity contribution in [3.63, 3.8) is 0 Å². The van der Waals surface area contributed by atoms with Crippen LogP contribution in [-0.4, -0.2) is 0 Å². The number of hydrogen-bond donors (Lipinski definition) is 1. The van der Waals surface area contributed by atoms with Crippen molar-refractivity contribution in [1.29, 1.82) is 5.26 Å². The highest BCUT2D eigenvalue weighted by atomic mass is 35.5. The molecule has 2 rings (SSSR count). The third kappa shape index (κ3) is 3.08. The number of nitrogens with zero attached hydrogens (tertiary/aromatic N) is 1. The van der Waals surface area contributed by atoms with Gasteiger partial charge in [0.15, 0.2) is 0 Å². The summed E-state index contributed by atoms with van der Waals surface area (Å²) in [5.41, 5.74) is 6.61. The zero-order valence-electron chi connectivity index (χ0n) is 10.7. The molecule has 0 aliphatic rings. The zero-order valence-corrected chi connectivity index (χ0v) is 11.5. The maximum atomic E-state index is 13.5. The maximum Gasteiger partial charge on any atom is 0.146 e. The second kappa shape index (κ2) is 5.91. The highest BCUT2D eigenvalue weighted by Gasteiger charge is 2.09. The molecule has 102 valence electrons. The number of rotatable bonds is 3. The molecule has 0 aliphatic carbocycles. The summed E-state index contributed by atoms with van der Waals surface area (Å²) in [5, 5.41) is 9.06. The molecule has 20 heavy (non-hydrogen) atoms. The Bertz CT molecular complexity index is 680. The summed E-state index contributed by atoms with van der Waals surface area (Å²) in [7, 11) is 0. The van der Waals surface area contributed by atoms with E-state index in [2.05, 4.69) is 0 Å². The summed E-state index contributed by atoms with van der Waals surface area (Å²) in [6, 6.07) is 10.8. The van der Waals surface area contributed by atoms with Crippen LogP contribution in [0.25, 0.3) is 0 Å². The third-order valence-corrected chi connectivity index (χ3v) is 3.07. The molecule has 0 heterocycles. The number of nitrogens with two attached hydrogens (primary N) is 1. The first-order chi connectivity index (χ1) is 9.51. The van der Waals surface area contributed by atoms with E-state index in [0.29, 0.717) is 10.8 Å². The lowest BCUT2D eigenvalue weighted by Crippen LogP contribution is -2.04. The highest BCUT2D eigenvalue weighted by molar-refractivity contribution is 6.32. The predicted molar refractivity (Wildman–Crippen MR) is 75.2 cm³/mol. The number of halogens is 2. The van der Waals surface area contributed by atoms with Gasteiger partial charge >= 0.3 is 0 Å². The van der Waals surface area contributed by atoms with E-state index in [-0.39, 0.29) is 17.4 Å². The first-order valence-corrected chi connectivity index (χ1v) is 6.31. The maximum absolute atomic E-state index is 13.5. The first kappa shape index (κ1) is 14.3. The van der Waals surface area contributed by atoms with E-state index in [1.807, 2.05) is 6.92 Å². The van der Waals surface area contributed by atoms with Crippen LogP contribution in [0, 0.1) is 17.1 Å². The third-order valence-electron chi connectivity index (χ3n) is 2.77. The molecule has 2 aromatic carbocycles. The van der Waals surface area contributed by atoms with Gasteiger partial charge in [-0.25, -0.2) is 4.39 Å². The Morgan fingerprint density at radius 2 is 2.05 bits per heavy atom. The molecule has 1 atom stereocenters. The topological polar surface area (TPSA) is 59.0 Å². The number of ether oxygens (including phenoxy) is 1. The van der Waals surface area contributed by atoms with Crippen molar-refractivity contribution >= 4 is 11.6 Å². The molecule has 0 fully saturated rings. The van der Waals surface area contributed by atoms with Crippen molar-refractivity contribution < 1.29 is 9.13 Å². The molecule has 2 N–H and O–H groups in total. The molecule has 1 unspecified atom stereocenters. The lowest BCUT2D eigenvalue weighted by molar-refractivity contribution is 0.476. The van der Waals surface area contributed by atoms with Crippen LogP contribution in [0.4, 0.5) is 4.39 Å². The summed E-state index contributed by atoms with van der Waals surface area (Å²) in [6.07, 6.45) is 0. The summed E-state index contributed by atoms with van der Waals surface area (Å²) in [4.78, 5) is 0. The fraction of sp³-hybridized carbons (Fsp3) is 0.133. The minimum absolute atomic E-state index is 0.0317. The molecule has 0 bridgehead atoms. The Labute approximate surface area is 121 Å². The van der Waals surface area contributed by atoms with Gasteiger partial charge in [-0.2, -0.15) is 5.26 Å². The van der Waals surface area contributed by atoms with Gasteiger partial charge in [-0.3, -0.25) is 0 Å². The fourth-order valence-corrected chi connectivity index (χ4v) is 1.89. The van der Waals surface area contributed by atoms with Crippen LogP contribution >= 0.6 is 11.6 Å². The monoisotopic (exact) mass is 290 g/mol. The summed E-state index contributed by atoms with van der Waals surface area (Å²) in [6.45, 7) is 1.85. The van der Waals surface area contributed by atoms with Crippen LogP contribution in [0.5, 0.6) is 11.5 Å². The summed E-state index contributed by atoms with van der Waals surface area (Å²) in [5.74, 6) is 0.0467. The number of benzene rings is 2. The molecule has 0 saturated carbocycles. The molecule has 3 nitrogen and oxygen atoms in total.